The highest BCUT2D eigenvalue weighted by Gasteiger charge is 2.38. The lowest BCUT2D eigenvalue weighted by Gasteiger charge is -2.34. The van der Waals surface area contributed by atoms with Crippen LogP contribution >= 0.6 is 0 Å². The molecule has 0 bridgehead atoms. The predicted octanol–water partition coefficient (Wildman–Crippen LogP) is 2.85. The van der Waals surface area contributed by atoms with Crippen LogP contribution in [0.1, 0.15) is 43.6 Å². The summed E-state index contributed by atoms with van der Waals surface area (Å²) in [7, 11) is 1.61. The van der Waals surface area contributed by atoms with Crippen LogP contribution in [-0.2, 0) is 16.1 Å². The summed E-state index contributed by atoms with van der Waals surface area (Å²) in [5, 5.41) is 7.98. The van der Waals surface area contributed by atoms with E-state index in [0.29, 0.717) is 49.7 Å². The number of ketones is 1. The first kappa shape index (κ1) is 18.2. The molecule has 3 heterocycles. The number of hydrogen-bond acceptors (Lipinski definition) is 7. The molecule has 2 unspecified atom stereocenters. The highest BCUT2D eigenvalue weighted by atomic mass is 16.5. The Morgan fingerprint density at radius 2 is 2.07 bits per heavy atom. The molecule has 2 atom stereocenters. The van der Waals surface area contributed by atoms with E-state index >= 15 is 0 Å². The van der Waals surface area contributed by atoms with Gasteiger partial charge in [0, 0.05) is 31.2 Å². The highest BCUT2D eigenvalue weighted by Crippen LogP contribution is 2.43. The number of benzene rings is 1. The molecule has 29 heavy (non-hydrogen) atoms. The predicted molar refractivity (Wildman–Crippen MR) is 105 cm³/mol. The van der Waals surface area contributed by atoms with Crippen LogP contribution in [0, 0.1) is 5.92 Å². The van der Waals surface area contributed by atoms with Gasteiger partial charge in [0.25, 0.3) is 0 Å². The summed E-state index contributed by atoms with van der Waals surface area (Å²) < 4.78 is 18.7. The average Bonchev–Trinajstić information content (AvgIpc) is 2.93. The summed E-state index contributed by atoms with van der Waals surface area (Å²) in [5.41, 5.74) is 2.63. The van der Waals surface area contributed by atoms with E-state index in [1.807, 2.05) is 18.2 Å². The maximum Gasteiger partial charge on any atom is 0.226 e. The molecule has 8 nitrogen and oxygen atoms in total. The van der Waals surface area contributed by atoms with Crippen molar-refractivity contribution in [2.45, 2.75) is 38.8 Å². The number of Topliss-reactive ketones (excluding diaryl/α,β-unsaturated/α-hetero) is 1. The van der Waals surface area contributed by atoms with Crippen molar-refractivity contribution in [3.63, 3.8) is 0 Å². The zero-order valence-corrected chi connectivity index (χ0v) is 16.6. The molecule has 0 amide bonds. The van der Waals surface area contributed by atoms with Crippen molar-refractivity contribution in [1.82, 2.24) is 14.8 Å². The fraction of sp³-hybridized carbons (Fsp3) is 0.476. The van der Waals surface area contributed by atoms with Crippen molar-refractivity contribution in [2.24, 2.45) is 5.92 Å². The van der Waals surface area contributed by atoms with Crippen molar-refractivity contribution in [3.8, 4) is 11.5 Å². The summed E-state index contributed by atoms with van der Waals surface area (Å²) in [6, 6.07) is 5.52. The van der Waals surface area contributed by atoms with Crippen LogP contribution in [0.3, 0.4) is 0 Å². The molecule has 1 N–H and O–H groups in total. The third kappa shape index (κ3) is 3.17. The Hall–Kier alpha value is -2.87. The monoisotopic (exact) mass is 396 g/mol. The smallest absolute Gasteiger partial charge is 0.226 e. The molecule has 8 heteroatoms. The highest BCUT2D eigenvalue weighted by molar-refractivity contribution is 5.99. The molecule has 0 saturated carbocycles. The molecular weight excluding hydrogens is 372 g/mol. The van der Waals surface area contributed by atoms with Crippen LogP contribution in [0.4, 0.5) is 5.95 Å². The van der Waals surface area contributed by atoms with Crippen molar-refractivity contribution >= 4 is 11.7 Å². The van der Waals surface area contributed by atoms with Gasteiger partial charge in [0.05, 0.1) is 13.2 Å². The van der Waals surface area contributed by atoms with E-state index in [0.717, 1.165) is 35.4 Å². The van der Waals surface area contributed by atoms with Gasteiger partial charge in [0.15, 0.2) is 23.1 Å². The van der Waals surface area contributed by atoms with Gasteiger partial charge in [-0.05, 0) is 30.0 Å². The maximum atomic E-state index is 13.1. The first-order chi connectivity index (χ1) is 14.1. The van der Waals surface area contributed by atoms with Crippen LogP contribution in [0.5, 0.6) is 11.5 Å². The quantitative estimate of drug-likeness (QED) is 0.853. The van der Waals surface area contributed by atoms with Crippen LogP contribution in [-0.4, -0.2) is 40.9 Å². The molecular formula is C21H24N4O4. The van der Waals surface area contributed by atoms with E-state index in [9.17, 15) is 4.79 Å². The maximum absolute atomic E-state index is 13.1. The van der Waals surface area contributed by atoms with E-state index in [4.69, 9.17) is 14.2 Å². The number of ether oxygens (including phenoxy) is 3. The van der Waals surface area contributed by atoms with Gasteiger partial charge < -0.3 is 19.5 Å². The van der Waals surface area contributed by atoms with Crippen molar-refractivity contribution in [3.05, 3.63) is 40.9 Å². The Bertz CT molecular complexity index is 997. The van der Waals surface area contributed by atoms with Gasteiger partial charge in [-0.15, -0.1) is 0 Å². The minimum absolute atomic E-state index is 0.151. The number of carbonyl (C=O) groups excluding carboxylic acids is 1. The minimum atomic E-state index is -0.350. The van der Waals surface area contributed by atoms with E-state index in [-0.39, 0.29) is 11.8 Å². The fourth-order valence-electron chi connectivity index (χ4n) is 4.30. The summed E-state index contributed by atoms with van der Waals surface area (Å²) in [6.07, 6.45) is 2.20. The zero-order valence-electron chi connectivity index (χ0n) is 16.6. The van der Waals surface area contributed by atoms with Gasteiger partial charge in [0.2, 0.25) is 5.95 Å². The molecule has 0 saturated heterocycles. The topological polar surface area (TPSA) is 87.5 Å². The van der Waals surface area contributed by atoms with Gasteiger partial charge in [-0.2, -0.15) is 10.1 Å². The molecule has 2 aliphatic heterocycles. The number of hydrogen-bond donors (Lipinski definition) is 1. The summed E-state index contributed by atoms with van der Waals surface area (Å²) >= 11 is 0. The van der Waals surface area contributed by atoms with Gasteiger partial charge in [-0.1, -0.05) is 13.0 Å². The molecule has 1 aliphatic carbocycles. The lowest BCUT2D eigenvalue weighted by Crippen LogP contribution is -2.33. The molecule has 3 aliphatic rings. The van der Waals surface area contributed by atoms with Crippen LogP contribution in [0.15, 0.2) is 29.5 Å². The molecule has 0 radical (unpaired) electrons. The Morgan fingerprint density at radius 1 is 1.24 bits per heavy atom. The van der Waals surface area contributed by atoms with E-state index in [1.165, 1.54) is 0 Å². The van der Waals surface area contributed by atoms with Crippen LogP contribution in [0.2, 0.25) is 0 Å². The first-order valence-corrected chi connectivity index (χ1v) is 10.0. The van der Waals surface area contributed by atoms with Crippen LogP contribution in [0.25, 0.3) is 0 Å². The normalized spacial score (nSPS) is 23.2. The van der Waals surface area contributed by atoms with E-state index < -0.39 is 0 Å². The Morgan fingerprint density at radius 3 is 2.90 bits per heavy atom. The minimum Gasteiger partial charge on any atom is -0.490 e. The summed E-state index contributed by atoms with van der Waals surface area (Å²) in [6.45, 7) is 3.66. The number of aromatic nitrogens is 3. The zero-order chi connectivity index (χ0) is 20.0. The number of fused-ring (bicyclic) bond motifs is 2. The molecule has 1 aromatic heterocycles. The number of carbonyl (C=O) groups is 1. The van der Waals surface area contributed by atoms with Crippen LogP contribution < -0.4 is 14.8 Å². The summed E-state index contributed by atoms with van der Waals surface area (Å²) in [5.74, 6) is 3.10. The second-order valence-corrected chi connectivity index (χ2v) is 7.84. The van der Waals surface area contributed by atoms with Crippen molar-refractivity contribution < 1.29 is 19.0 Å². The van der Waals surface area contributed by atoms with Crippen molar-refractivity contribution in [2.75, 3.05) is 25.6 Å². The number of anilines is 1. The van der Waals surface area contributed by atoms with E-state index in [2.05, 4.69) is 22.3 Å². The van der Waals surface area contributed by atoms with Crippen molar-refractivity contribution in [1.29, 1.82) is 0 Å². The molecule has 152 valence electrons. The van der Waals surface area contributed by atoms with Gasteiger partial charge in [-0.3, -0.25) is 4.79 Å². The van der Waals surface area contributed by atoms with E-state index in [1.54, 1.807) is 11.8 Å². The first-order valence-electron chi connectivity index (χ1n) is 10.0. The number of rotatable bonds is 3. The number of nitrogens with zero attached hydrogens (tertiary/aromatic N) is 3. The molecule has 1 aromatic carbocycles. The number of allylic oxidation sites excluding steroid dienone is 2. The Balaban J connectivity index is 1.64. The lowest BCUT2D eigenvalue weighted by molar-refractivity contribution is -0.117. The average molecular weight is 396 g/mol. The third-order valence-electron chi connectivity index (χ3n) is 5.53. The van der Waals surface area contributed by atoms with Gasteiger partial charge in [0.1, 0.15) is 12.6 Å². The Labute approximate surface area is 168 Å². The third-order valence-corrected chi connectivity index (χ3v) is 5.53. The second-order valence-electron chi connectivity index (χ2n) is 7.84. The molecule has 5 rings (SSSR count). The fourth-order valence-corrected chi connectivity index (χ4v) is 4.30. The molecule has 0 fully saturated rings. The number of methoxy groups -OCH3 is 1. The Kier molecular flexibility index (Phi) is 4.50. The van der Waals surface area contributed by atoms with Gasteiger partial charge in [-0.25, -0.2) is 4.68 Å². The lowest BCUT2D eigenvalue weighted by atomic mass is 9.81. The SMILES string of the molecule is COCc1nc2n(n1)C(c1ccc3c(c1)OCCCO3)C1=C(CC(C)CC1=O)N2. The largest absolute Gasteiger partial charge is 0.490 e. The molecule has 0 spiro atoms. The molecule has 2 aromatic rings. The standard InChI is InChI=1S/C21H24N4O4/c1-12-8-14-19(15(26)9-12)20(25-21(22-14)23-18(24-25)11-27-2)13-4-5-16-17(10-13)29-7-3-6-28-16/h4-5,10,12,20H,3,6-9,11H2,1-2H3,(H,22,23,24). The number of nitrogens with one attached hydrogen (secondary N) is 1. The summed E-state index contributed by atoms with van der Waals surface area (Å²) in [4.78, 5) is 17.6. The second kappa shape index (κ2) is 7.18. The van der Waals surface area contributed by atoms with Gasteiger partial charge >= 0.3 is 0 Å².